The van der Waals surface area contributed by atoms with Gasteiger partial charge in [-0.2, -0.15) is 0 Å². The van der Waals surface area contributed by atoms with Crippen LogP contribution >= 0.6 is 0 Å². The van der Waals surface area contributed by atoms with Crippen molar-refractivity contribution in [2.75, 3.05) is 0 Å². The molecule has 0 bridgehead atoms. The third kappa shape index (κ3) is 15.0. The average Bonchev–Trinajstić information content (AvgIpc) is 2.19. The summed E-state index contributed by atoms with van der Waals surface area (Å²) in [6.07, 6.45) is 15.4. The van der Waals surface area contributed by atoms with E-state index >= 15 is 0 Å². The molecule has 1 unspecified atom stereocenters. The summed E-state index contributed by atoms with van der Waals surface area (Å²) in [5, 5.41) is 0. The fourth-order valence-corrected chi connectivity index (χ4v) is 2.42. The van der Waals surface area contributed by atoms with Crippen molar-refractivity contribution in [3.63, 3.8) is 0 Å². The van der Waals surface area contributed by atoms with Crippen LogP contribution in [0.2, 0.25) is 0 Å². The molecule has 0 spiro atoms. The van der Waals surface area contributed by atoms with Crippen LogP contribution in [-0.4, -0.2) is 30.7 Å². The Morgan fingerprint density at radius 3 is 1.56 bits per heavy atom. The minimum absolute atomic E-state index is 0.181. The summed E-state index contributed by atoms with van der Waals surface area (Å²) in [6.45, 7) is 4.47. The van der Waals surface area contributed by atoms with Gasteiger partial charge in [0.15, 0.2) is 0 Å². The molecule has 1 nitrogen and oxygen atoms in total. The predicted molar refractivity (Wildman–Crippen MR) is 74.8 cm³/mol. The molecular formula is C14H30NNa. The van der Waals surface area contributed by atoms with Gasteiger partial charge in [0, 0.05) is 0 Å². The van der Waals surface area contributed by atoms with E-state index in [-0.39, 0.29) is 2.79 Å². The van der Waals surface area contributed by atoms with Gasteiger partial charge in [0.05, 0.1) is 0 Å². The Bertz CT molecular complexity index is 140. The van der Waals surface area contributed by atoms with Crippen molar-refractivity contribution in [3.8, 4) is 0 Å². The topological polar surface area (TPSA) is 26.0 Å². The van der Waals surface area contributed by atoms with Crippen LogP contribution in [0.25, 0.3) is 0 Å². The van der Waals surface area contributed by atoms with Crippen molar-refractivity contribution in [2.24, 2.45) is 5.73 Å². The van der Waals surface area contributed by atoms with E-state index in [2.05, 4.69) is 13.8 Å². The first-order chi connectivity index (χ1) is 7.56. The zero-order valence-electron chi connectivity index (χ0n) is 11.9. The monoisotopic (exact) mass is 235 g/mol. The Labute approximate surface area is 120 Å². The number of unbranched alkanes of at least 4 members (excludes halogenated alkanes) is 9. The first-order valence-corrected chi connectivity index (χ1v) is 8.35. The first-order valence-electron chi connectivity index (χ1n) is 7.35. The molecule has 1 atom stereocenters. The Morgan fingerprint density at radius 1 is 0.812 bits per heavy atom. The van der Waals surface area contributed by atoms with Crippen LogP contribution in [0.1, 0.15) is 84.5 Å². The molecule has 0 saturated heterocycles. The zero-order valence-corrected chi connectivity index (χ0v) is 13.9. The van der Waals surface area contributed by atoms with Gasteiger partial charge < -0.3 is 0 Å². The Kier molecular flexibility index (Phi) is 11.7. The zero-order chi connectivity index (χ0) is 12.3. The maximum absolute atomic E-state index is 6.01. The van der Waals surface area contributed by atoms with E-state index in [1.807, 2.05) is 0 Å². The molecule has 0 heterocycles. The van der Waals surface area contributed by atoms with Gasteiger partial charge in [0.1, 0.15) is 0 Å². The van der Waals surface area contributed by atoms with Crippen molar-refractivity contribution in [1.82, 2.24) is 0 Å². The second kappa shape index (κ2) is 11.1. The summed E-state index contributed by atoms with van der Waals surface area (Å²) >= 11 is 1.13. The SMILES string of the molecule is CCCCCCCCCCCC[C](C)(N)[Na]. The van der Waals surface area contributed by atoms with E-state index in [4.69, 9.17) is 5.73 Å². The molecule has 0 aliphatic carbocycles. The van der Waals surface area contributed by atoms with Crippen LogP contribution in [0, 0.1) is 0 Å². The van der Waals surface area contributed by atoms with Crippen molar-refractivity contribution in [2.45, 2.75) is 87.3 Å². The normalized spacial score (nSPS) is 15.1. The quantitative estimate of drug-likeness (QED) is 0.423. The molecule has 0 amide bonds. The molecule has 2 N–H and O–H groups in total. The van der Waals surface area contributed by atoms with E-state index in [1.165, 1.54) is 70.6 Å². The second-order valence-electron chi connectivity index (χ2n) is 5.92. The number of hydrogen-bond donors (Lipinski definition) is 1. The minimum atomic E-state index is 0.181. The van der Waals surface area contributed by atoms with Crippen LogP contribution in [0.4, 0.5) is 0 Å². The Morgan fingerprint density at radius 2 is 1.19 bits per heavy atom. The van der Waals surface area contributed by atoms with Crippen LogP contribution in [0.15, 0.2) is 0 Å². The van der Waals surface area contributed by atoms with Crippen LogP contribution in [-0.2, 0) is 0 Å². The summed E-state index contributed by atoms with van der Waals surface area (Å²) in [5.41, 5.74) is 6.01. The van der Waals surface area contributed by atoms with Crippen molar-refractivity contribution in [3.05, 3.63) is 0 Å². The number of hydrogen-bond acceptors (Lipinski definition) is 1. The van der Waals surface area contributed by atoms with Gasteiger partial charge >= 0.3 is 114 Å². The molecular weight excluding hydrogens is 205 g/mol. The Hall–Kier alpha value is 0.960. The van der Waals surface area contributed by atoms with E-state index in [9.17, 15) is 0 Å². The number of rotatable bonds is 11. The summed E-state index contributed by atoms with van der Waals surface area (Å²) in [5.74, 6) is 0. The number of nitrogens with two attached hydrogens (primary N) is 1. The Balaban J connectivity index is 2.99. The van der Waals surface area contributed by atoms with Gasteiger partial charge in [-0.05, 0) is 0 Å². The first kappa shape index (κ1) is 17.0. The van der Waals surface area contributed by atoms with Crippen molar-refractivity contribution >= 4 is 27.9 Å². The molecule has 92 valence electrons. The van der Waals surface area contributed by atoms with E-state index in [0.717, 1.165) is 27.9 Å². The molecule has 0 fully saturated rings. The fourth-order valence-electron chi connectivity index (χ4n) is 2.07. The summed E-state index contributed by atoms with van der Waals surface area (Å²) in [4.78, 5) is 0. The van der Waals surface area contributed by atoms with E-state index < -0.39 is 0 Å². The van der Waals surface area contributed by atoms with Gasteiger partial charge in [-0.25, -0.2) is 0 Å². The third-order valence-electron chi connectivity index (χ3n) is 3.17. The van der Waals surface area contributed by atoms with Gasteiger partial charge in [0.25, 0.3) is 0 Å². The summed E-state index contributed by atoms with van der Waals surface area (Å²) < 4.78 is 0.181. The van der Waals surface area contributed by atoms with Gasteiger partial charge in [-0.3, -0.25) is 0 Å². The van der Waals surface area contributed by atoms with Gasteiger partial charge in [-0.1, -0.05) is 6.92 Å². The molecule has 0 radical (unpaired) electrons. The second-order valence-corrected chi connectivity index (χ2v) is 8.21. The molecule has 0 saturated carbocycles. The molecule has 16 heavy (non-hydrogen) atoms. The molecule has 0 aromatic carbocycles. The van der Waals surface area contributed by atoms with E-state index in [0.29, 0.717) is 0 Å². The average molecular weight is 235 g/mol. The van der Waals surface area contributed by atoms with Gasteiger partial charge in [-0.15, -0.1) is 0 Å². The summed E-state index contributed by atoms with van der Waals surface area (Å²) in [6, 6.07) is 0. The van der Waals surface area contributed by atoms with Crippen LogP contribution in [0.5, 0.6) is 0 Å². The predicted octanol–water partition coefficient (Wildman–Crippen LogP) is 4.14. The van der Waals surface area contributed by atoms with Crippen LogP contribution in [0.3, 0.4) is 0 Å². The molecule has 0 aliphatic rings. The molecule has 0 aromatic heterocycles. The maximum atomic E-state index is 6.01. The van der Waals surface area contributed by atoms with Crippen molar-refractivity contribution in [1.29, 1.82) is 0 Å². The molecule has 2 heteroatoms. The molecule has 0 rings (SSSR count). The standard InChI is InChI=1S/C14H30N.Na/c1-3-4-5-6-7-8-9-10-11-12-13-14(2)15;/h3-13,15H2,1-2H3;. The molecule has 0 aliphatic heterocycles. The van der Waals surface area contributed by atoms with Crippen LogP contribution < -0.4 is 5.73 Å². The molecule has 0 aromatic rings. The summed E-state index contributed by atoms with van der Waals surface area (Å²) in [7, 11) is 0. The van der Waals surface area contributed by atoms with Crippen molar-refractivity contribution < 1.29 is 0 Å². The van der Waals surface area contributed by atoms with E-state index in [1.54, 1.807) is 0 Å². The third-order valence-corrected chi connectivity index (χ3v) is 3.67. The van der Waals surface area contributed by atoms with Gasteiger partial charge in [0.2, 0.25) is 0 Å². The fraction of sp³-hybridized carbons (Fsp3) is 1.00.